The highest BCUT2D eigenvalue weighted by Gasteiger charge is 2.53. The van der Waals surface area contributed by atoms with Gasteiger partial charge in [0.2, 0.25) is 5.90 Å². The Bertz CT molecular complexity index is 1520. The van der Waals surface area contributed by atoms with Crippen molar-refractivity contribution in [2.45, 2.75) is 81.5 Å². The molecule has 5 N–H and O–H groups in total. The summed E-state index contributed by atoms with van der Waals surface area (Å²) in [5.41, 5.74) is 6.85. The van der Waals surface area contributed by atoms with Crippen LogP contribution in [0.15, 0.2) is 47.6 Å². The Morgan fingerprint density at radius 2 is 2.02 bits per heavy atom. The molecule has 2 atom stereocenters. The molecule has 14 heteroatoms. The number of rotatable bonds is 9. The minimum atomic E-state index is -4.51. The number of hydrogen-bond donors (Lipinski definition) is 4. The molecular weight excluding hydrogens is 575 g/mol. The number of hydrogen-bond acceptors (Lipinski definition) is 9. The van der Waals surface area contributed by atoms with Gasteiger partial charge in [0.25, 0.3) is 0 Å². The van der Waals surface area contributed by atoms with Gasteiger partial charge in [-0.05, 0) is 51.2 Å². The van der Waals surface area contributed by atoms with Gasteiger partial charge in [-0.25, -0.2) is 15.0 Å². The molecular formula is C30H40F3N9O2. The number of dihydropyridines is 1. The third kappa shape index (κ3) is 6.00. The molecule has 6 rings (SSSR count). The number of nitrogens with zero attached hydrogens (tertiary/aromatic N) is 6. The van der Waals surface area contributed by atoms with E-state index in [0.717, 1.165) is 55.1 Å². The Labute approximate surface area is 253 Å². The minimum Gasteiger partial charge on any atom is -0.474 e. The van der Waals surface area contributed by atoms with Crippen LogP contribution >= 0.6 is 0 Å². The van der Waals surface area contributed by atoms with Crippen LogP contribution in [0.3, 0.4) is 0 Å². The summed E-state index contributed by atoms with van der Waals surface area (Å²) in [5.74, 6) is 0.0317. The average molecular weight is 616 g/mol. The molecule has 1 unspecified atom stereocenters. The summed E-state index contributed by atoms with van der Waals surface area (Å²) in [6, 6.07) is 2.30. The fraction of sp³-hybridized carbons (Fsp3) is 0.600. The lowest BCUT2D eigenvalue weighted by Crippen LogP contribution is -2.61. The number of alkyl halides is 3. The highest BCUT2D eigenvalue weighted by Crippen LogP contribution is 2.43. The lowest BCUT2D eigenvalue weighted by atomic mass is 9.71. The number of fused-ring (bicyclic) bond motifs is 1. The topological polar surface area (TPSA) is 142 Å². The van der Waals surface area contributed by atoms with Gasteiger partial charge in [0.15, 0.2) is 5.54 Å². The van der Waals surface area contributed by atoms with Crippen molar-refractivity contribution in [1.29, 1.82) is 0 Å². The molecule has 0 radical (unpaired) electrons. The molecule has 2 aliphatic heterocycles. The van der Waals surface area contributed by atoms with Crippen LogP contribution in [-0.4, -0.2) is 103 Å². The van der Waals surface area contributed by atoms with E-state index < -0.39 is 17.8 Å². The van der Waals surface area contributed by atoms with Crippen LogP contribution in [0.4, 0.5) is 13.2 Å². The second-order valence-electron chi connectivity index (χ2n) is 12.7. The number of aliphatic imine (C=N–C) groups is 1. The summed E-state index contributed by atoms with van der Waals surface area (Å²) < 4.78 is 49.9. The van der Waals surface area contributed by atoms with Crippen molar-refractivity contribution >= 4 is 16.9 Å². The number of likely N-dealkylation sites (tertiary alicyclic amines) is 1. The number of nitrogens with two attached hydrogens (primary N) is 1. The molecule has 2 fully saturated rings. The van der Waals surface area contributed by atoms with Crippen molar-refractivity contribution < 1.29 is 23.0 Å². The summed E-state index contributed by atoms with van der Waals surface area (Å²) in [7, 11) is 0. The quantitative estimate of drug-likeness (QED) is 0.288. The van der Waals surface area contributed by atoms with Gasteiger partial charge in [-0.1, -0.05) is 0 Å². The van der Waals surface area contributed by atoms with E-state index in [1.54, 1.807) is 19.3 Å². The predicted octanol–water partition coefficient (Wildman–Crippen LogP) is 3.14. The SMILES string of the molecule is C[C@H](O)CNCC1=CC(OC2CCN(C3CC(CN)(n4cc(-c5ncnc6[nH]ccc56)cn4)C3)CC2)=NC(C)(C(F)(F)F)C1. The molecule has 11 nitrogen and oxygen atoms in total. The van der Waals surface area contributed by atoms with Crippen molar-refractivity contribution in [1.82, 2.24) is 34.9 Å². The smallest absolute Gasteiger partial charge is 0.413 e. The molecule has 1 saturated carbocycles. The maximum absolute atomic E-state index is 14.0. The standard InChI is InChI=1S/C30H40F3N9O2/c1-19(43)13-35-14-20-9-25(40-28(2,10-20)30(31,32)33)44-23-4-7-41(8-5-23)22-11-29(12-22,17-34)42-16-21(15-39-42)26-24-3-6-36-27(24)38-18-37-26/h3,6,9,15-16,18-19,22-23,35,43H,4-5,7-8,10-14,17,34H2,1-2H3,(H,36,37,38)/t19-,22?,28?,29?/m0/s1. The van der Waals surface area contributed by atoms with E-state index in [2.05, 4.69) is 35.3 Å². The van der Waals surface area contributed by atoms with Gasteiger partial charge in [-0.3, -0.25) is 9.58 Å². The highest BCUT2D eigenvalue weighted by atomic mass is 19.4. The zero-order valence-electron chi connectivity index (χ0n) is 25.0. The van der Waals surface area contributed by atoms with Gasteiger partial charge in [0.1, 0.15) is 18.1 Å². The van der Waals surface area contributed by atoms with Crippen molar-refractivity contribution in [3.63, 3.8) is 0 Å². The first-order valence-corrected chi connectivity index (χ1v) is 15.2. The van der Waals surface area contributed by atoms with Gasteiger partial charge in [-0.2, -0.15) is 18.3 Å². The van der Waals surface area contributed by atoms with Crippen LogP contribution in [0.25, 0.3) is 22.3 Å². The first-order chi connectivity index (χ1) is 21.0. The lowest BCUT2D eigenvalue weighted by molar-refractivity contribution is -0.180. The Kier molecular flexibility index (Phi) is 8.28. The Balaban J connectivity index is 1.06. The number of halogens is 3. The molecule has 0 spiro atoms. The number of nitrogens with one attached hydrogen (secondary N) is 2. The van der Waals surface area contributed by atoms with Gasteiger partial charge in [0, 0.05) is 74.6 Å². The van der Waals surface area contributed by atoms with Crippen LogP contribution in [0.1, 0.15) is 46.0 Å². The fourth-order valence-corrected chi connectivity index (χ4v) is 6.62. The zero-order valence-corrected chi connectivity index (χ0v) is 25.0. The lowest BCUT2D eigenvalue weighted by Gasteiger charge is -2.52. The summed E-state index contributed by atoms with van der Waals surface area (Å²) in [6.07, 6.45) is 6.41. The highest BCUT2D eigenvalue weighted by molar-refractivity contribution is 5.90. The Morgan fingerprint density at radius 3 is 2.73 bits per heavy atom. The number of aromatic amines is 1. The molecule has 1 saturated heterocycles. The van der Waals surface area contributed by atoms with E-state index in [-0.39, 0.29) is 30.5 Å². The van der Waals surface area contributed by atoms with Crippen molar-refractivity contribution in [2.24, 2.45) is 10.7 Å². The summed E-state index contributed by atoms with van der Waals surface area (Å²) in [6.45, 7) is 5.28. The molecule has 1 aliphatic carbocycles. The second kappa shape index (κ2) is 11.9. The molecule has 3 aliphatic rings. The maximum Gasteiger partial charge on any atom is 0.413 e. The molecule has 0 amide bonds. The van der Waals surface area contributed by atoms with Crippen LogP contribution in [0.5, 0.6) is 0 Å². The first kappa shape index (κ1) is 30.7. The van der Waals surface area contributed by atoms with Crippen LogP contribution in [0, 0.1) is 0 Å². The third-order valence-electron chi connectivity index (χ3n) is 9.25. The summed E-state index contributed by atoms with van der Waals surface area (Å²) in [4.78, 5) is 18.3. The number of piperidine rings is 1. The Hall–Kier alpha value is -3.33. The van der Waals surface area contributed by atoms with Gasteiger partial charge in [-0.15, -0.1) is 0 Å². The molecule has 0 bridgehead atoms. The molecule has 3 aromatic heterocycles. The van der Waals surface area contributed by atoms with E-state index in [1.165, 1.54) is 0 Å². The second-order valence-corrected chi connectivity index (χ2v) is 12.7. The number of aliphatic hydroxyl groups excluding tert-OH is 1. The van der Waals surface area contributed by atoms with Crippen molar-refractivity contribution in [3.8, 4) is 11.3 Å². The minimum absolute atomic E-state index is 0.0317. The molecule has 44 heavy (non-hydrogen) atoms. The zero-order chi connectivity index (χ0) is 31.1. The van der Waals surface area contributed by atoms with Crippen LogP contribution < -0.4 is 11.1 Å². The van der Waals surface area contributed by atoms with Gasteiger partial charge >= 0.3 is 6.18 Å². The van der Waals surface area contributed by atoms with E-state index >= 15 is 0 Å². The summed E-state index contributed by atoms with van der Waals surface area (Å²) in [5, 5.41) is 18.1. The summed E-state index contributed by atoms with van der Waals surface area (Å²) >= 11 is 0. The van der Waals surface area contributed by atoms with E-state index in [9.17, 15) is 18.3 Å². The van der Waals surface area contributed by atoms with Gasteiger partial charge in [0.05, 0.1) is 23.5 Å². The van der Waals surface area contributed by atoms with E-state index in [4.69, 9.17) is 10.5 Å². The van der Waals surface area contributed by atoms with Crippen LogP contribution in [-0.2, 0) is 10.3 Å². The largest absolute Gasteiger partial charge is 0.474 e. The predicted molar refractivity (Wildman–Crippen MR) is 160 cm³/mol. The number of ether oxygens (including phenoxy) is 1. The molecule has 5 heterocycles. The monoisotopic (exact) mass is 615 g/mol. The number of aliphatic hydroxyl groups is 1. The third-order valence-corrected chi connectivity index (χ3v) is 9.25. The maximum atomic E-state index is 14.0. The van der Waals surface area contributed by atoms with E-state index in [0.29, 0.717) is 37.5 Å². The average Bonchev–Trinajstić information content (AvgIpc) is 3.63. The number of aromatic nitrogens is 5. The van der Waals surface area contributed by atoms with Crippen molar-refractivity contribution in [2.75, 3.05) is 32.7 Å². The molecule has 238 valence electrons. The molecule has 0 aromatic carbocycles. The van der Waals surface area contributed by atoms with E-state index in [1.807, 2.05) is 29.3 Å². The van der Waals surface area contributed by atoms with Gasteiger partial charge < -0.3 is 25.9 Å². The fourth-order valence-electron chi connectivity index (χ4n) is 6.62. The first-order valence-electron chi connectivity index (χ1n) is 15.2. The Morgan fingerprint density at radius 1 is 1.25 bits per heavy atom. The molecule has 3 aromatic rings. The number of H-pyrrole nitrogens is 1. The van der Waals surface area contributed by atoms with Crippen molar-refractivity contribution in [3.05, 3.63) is 42.6 Å². The normalized spacial score (nSPS) is 27.6. The van der Waals surface area contributed by atoms with Crippen LogP contribution in [0.2, 0.25) is 0 Å².